The average Bonchev–Trinajstić information content (AvgIpc) is 2.18. The Bertz CT molecular complexity index is 346. The molecule has 0 saturated heterocycles. The van der Waals surface area contributed by atoms with Gasteiger partial charge in [0.25, 0.3) is 0 Å². The lowest BCUT2D eigenvalue weighted by atomic mass is 9.65. The van der Waals surface area contributed by atoms with Crippen LogP contribution in [0.25, 0.3) is 0 Å². The third kappa shape index (κ3) is 1.28. The summed E-state index contributed by atoms with van der Waals surface area (Å²) >= 11 is 0. The SMILES string of the molecule is C=CC1=CCCC2=CC(=O)CC[C@]12C. The standard InChI is InChI=1S/C13H16O/c1-3-10-5-4-6-11-9-12(14)7-8-13(10,11)2/h3,5,9H,1,4,6-8H2,2H3/t13-/m1/s1. The zero-order valence-electron chi connectivity index (χ0n) is 8.68. The molecule has 2 rings (SSSR count). The minimum atomic E-state index is 0.105. The Morgan fingerprint density at radius 1 is 1.50 bits per heavy atom. The zero-order valence-corrected chi connectivity index (χ0v) is 8.68. The van der Waals surface area contributed by atoms with Gasteiger partial charge in [0.1, 0.15) is 0 Å². The van der Waals surface area contributed by atoms with E-state index in [9.17, 15) is 4.79 Å². The number of carbonyl (C=O) groups is 1. The summed E-state index contributed by atoms with van der Waals surface area (Å²) in [5, 5.41) is 0. The molecule has 0 aromatic heterocycles. The van der Waals surface area contributed by atoms with Crippen LogP contribution in [-0.2, 0) is 4.79 Å². The van der Waals surface area contributed by atoms with Gasteiger partial charge in [-0.3, -0.25) is 4.79 Å². The van der Waals surface area contributed by atoms with Crippen LogP contribution in [0.2, 0.25) is 0 Å². The normalized spacial score (nSPS) is 31.6. The molecule has 1 heteroatoms. The molecule has 2 aliphatic rings. The third-order valence-electron chi connectivity index (χ3n) is 3.55. The molecule has 0 amide bonds. The summed E-state index contributed by atoms with van der Waals surface area (Å²) in [7, 11) is 0. The van der Waals surface area contributed by atoms with Gasteiger partial charge in [-0.1, -0.05) is 31.2 Å². The van der Waals surface area contributed by atoms with Crippen molar-refractivity contribution in [2.45, 2.75) is 32.6 Å². The lowest BCUT2D eigenvalue weighted by Gasteiger charge is -2.39. The van der Waals surface area contributed by atoms with Crippen LogP contribution in [-0.4, -0.2) is 5.78 Å². The van der Waals surface area contributed by atoms with Gasteiger partial charge in [0.15, 0.2) is 5.78 Å². The highest BCUT2D eigenvalue weighted by atomic mass is 16.1. The van der Waals surface area contributed by atoms with E-state index in [0.29, 0.717) is 12.2 Å². The van der Waals surface area contributed by atoms with Gasteiger partial charge >= 0.3 is 0 Å². The molecular formula is C13H16O. The van der Waals surface area contributed by atoms with Crippen LogP contribution in [0.1, 0.15) is 32.6 Å². The van der Waals surface area contributed by atoms with E-state index in [1.807, 2.05) is 12.2 Å². The number of fused-ring (bicyclic) bond motifs is 1. The minimum Gasteiger partial charge on any atom is -0.295 e. The first-order valence-electron chi connectivity index (χ1n) is 5.24. The maximum atomic E-state index is 11.3. The van der Waals surface area contributed by atoms with Crippen molar-refractivity contribution < 1.29 is 4.79 Å². The van der Waals surface area contributed by atoms with Crippen molar-refractivity contribution in [2.24, 2.45) is 5.41 Å². The fraction of sp³-hybridized carbons (Fsp3) is 0.462. The molecule has 0 aromatic carbocycles. The number of carbonyl (C=O) groups excluding carboxylic acids is 1. The van der Waals surface area contributed by atoms with Gasteiger partial charge in [-0.25, -0.2) is 0 Å². The van der Waals surface area contributed by atoms with Gasteiger partial charge in [0.2, 0.25) is 0 Å². The second-order valence-electron chi connectivity index (χ2n) is 4.37. The first-order valence-corrected chi connectivity index (χ1v) is 5.24. The Morgan fingerprint density at radius 3 is 3.00 bits per heavy atom. The van der Waals surface area contributed by atoms with Crippen LogP contribution in [0.3, 0.4) is 0 Å². The molecule has 74 valence electrons. The predicted octanol–water partition coefficient (Wildman–Crippen LogP) is 3.19. The summed E-state index contributed by atoms with van der Waals surface area (Å²) in [6.45, 7) is 6.09. The van der Waals surface area contributed by atoms with E-state index >= 15 is 0 Å². The highest BCUT2D eigenvalue weighted by molar-refractivity contribution is 5.92. The summed E-state index contributed by atoms with van der Waals surface area (Å²) in [6, 6.07) is 0. The van der Waals surface area contributed by atoms with Crippen molar-refractivity contribution in [3.8, 4) is 0 Å². The quantitative estimate of drug-likeness (QED) is 0.617. The lowest BCUT2D eigenvalue weighted by Crippen LogP contribution is -2.29. The number of hydrogen-bond donors (Lipinski definition) is 0. The highest BCUT2D eigenvalue weighted by Gasteiger charge is 2.36. The van der Waals surface area contributed by atoms with E-state index in [4.69, 9.17) is 0 Å². The fourth-order valence-corrected chi connectivity index (χ4v) is 2.55. The molecular weight excluding hydrogens is 172 g/mol. The molecule has 0 bridgehead atoms. The van der Waals surface area contributed by atoms with E-state index in [1.165, 1.54) is 11.1 Å². The summed E-state index contributed by atoms with van der Waals surface area (Å²) in [5.41, 5.74) is 2.72. The maximum absolute atomic E-state index is 11.3. The fourth-order valence-electron chi connectivity index (χ4n) is 2.55. The van der Waals surface area contributed by atoms with Gasteiger partial charge in [-0.05, 0) is 30.9 Å². The van der Waals surface area contributed by atoms with Crippen molar-refractivity contribution in [3.05, 3.63) is 36.0 Å². The second kappa shape index (κ2) is 3.23. The van der Waals surface area contributed by atoms with Gasteiger partial charge in [-0.15, -0.1) is 0 Å². The molecule has 0 N–H and O–H groups in total. The Kier molecular flexibility index (Phi) is 2.18. The van der Waals surface area contributed by atoms with Crippen LogP contribution < -0.4 is 0 Å². The van der Waals surface area contributed by atoms with Crippen molar-refractivity contribution in [2.75, 3.05) is 0 Å². The van der Waals surface area contributed by atoms with Crippen LogP contribution in [0.4, 0.5) is 0 Å². The van der Waals surface area contributed by atoms with E-state index in [2.05, 4.69) is 19.6 Å². The highest BCUT2D eigenvalue weighted by Crippen LogP contribution is 2.47. The van der Waals surface area contributed by atoms with Crippen molar-refractivity contribution in [3.63, 3.8) is 0 Å². The molecule has 14 heavy (non-hydrogen) atoms. The number of allylic oxidation sites excluding steroid dienone is 5. The maximum Gasteiger partial charge on any atom is 0.155 e. The predicted molar refractivity (Wildman–Crippen MR) is 57.9 cm³/mol. The molecule has 0 spiro atoms. The van der Waals surface area contributed by atoms with Crippen LogP contribution in [0.15, 0.2) is 36.0 Å². The number of rotatable bonds is 1. The molecule has 0 aromatic rings. The zero-order chi connectivity index (χ0) is 10.2. The smallest absolute Gasteiger partial charge is 0.155 e. The molecule has 0 unspecified atom stereocenters. The lowest BCUT2D eigenvalue weighted by molar-refractivity contribution is -0.115. The molecule has 0 fully saturated rings. The summed E-state index contributed by atoms with van der Waals surface area (Å²) in [5.74, 6) is 0.294. The first-order chi connectivity index (χ1) is 6.66. The minimum absolute atomic E-state index is 0.105. The number of ketones is 1. The largest absolute Gasteiger partial charge is 0.295 e. The van der Waals surface area contributed by atoms with Crippen molar-refractivity contribution >= 4 is 5.78 Å². The molecule has 0 saturated carbocycles. The van der Waals surface area contributed by atoms with Gasteiger partial charge in [0, 0.05) is 11.8 Å². The molecule has 0 heterocycles. The second-order valence-corrected chi connectivity index (χ2v) is 4.37. The molecule has 1 atom stereocenters. The van der Waals surface area contributed by atoms with E-state index in [1.54, 1.807) is 0 Å². The van der Waals surface area contributed by atoms with Crippen LogP contribution >= 0.6 is 0 Å². The van der Waals surface area contributed by atoms with Gasteiger partial charge in [-0.2, -0.15) is 0 Å². The van der Waals surface area contributed by atoms with E-state index < -0.39 is 0 Å². The Balaban J connectivity index is 2.46. The molecule has 2 aliphatic carbocycles. The van der Waals surface area contributed by atoms with Gasteiger partial charge < -0.3 is 0 Å². The Labute approximate surface area is 85.2 Å². The monoisotopic (exact) mass is 188 g/mol. The first kappa shape index (κ1) is 9.45. The average molecular weight is 188 g/mol. The number of hydrogen-bond acceptors (Lipinski definition) is 1. The van der Waals surface area contributed by atoms with Gasteiger partial charge in [0.05, 0.1) is 0 Å². The topological polar surface area (TPSA) is 17.1 Å². The molecule has 0 aliphatic heterocycles. The van der Waals surface area contributed by atoms with Crippen LogP contribution in [0, 0.1) is 5.41 Å². The Hall–Kier alpha value is -1.11. The third-order valence-corrected chi connectivity index (χ3v) is 3.55. The van der Waals surface area contributed by atoms with E-state index in [0.717, 1.165) is 19.3 Å². The van der Waals surface area contributed by atoms with Crippen molar-refractivity contribution in [1.82, 2.24) is 0 Å². The molecule has 1 nitrogen and oxygen atoms in total. The summed E-state index contributed by atoms with van der Waals surface area (Å²) in [6.07, 6.45) is 9.80. The Morgan fingerprint density at radius 2 is 2.29 bits per heavy atom. The van der Waals surface area contributed by atoms with Crippen molar-refractivity contribution in [1.29, 1.82) is 0 Å². The summed E-state index contributed by atoms with van der Waals surface area (Å²) < 4.78 is 0. The molecule has 0 radical (unpaired) electrons. The summed E-state index contributed by atoms with van der Waals surface area (Å²) in [4.78, 5) is 11.3. The van der Waals surface area contributed by atoms with E-state index in [-0.39, 0.29) is 5.41 Å². The van der Waals surface area contributed by atoms with Crippen LogP contribution in [0.5, 0.6) is 0 Å².